The first kappa shape index (κ1) is 26.0. The van der Waals surface area contributed by atoms with E-state index in [9.17, 15) is 0 Å². The molecule has 0 saturated carbocycles. The predicted molar refractivity (Wildman–Crippen MR) is 174 cm³/mol. The van der Waals surface area contributed by atoms with Crippen LogP contribution in [0.3, 0.4) is 0 Å². The summed E-state index contributed by atoms with van der Waals surface area (Å²) in [7, 11) is 0. The molecule has 43 heavy (non-hydrogen) atoms. The number of hydrogen-bond donors (Lipinski definition) is 4. The molecular formula is C37H30N4O2. The molecule has 0 atom stereocenters. The van der Waals surface area contributed by atoms with Gasteiger partial charge >= 0.3 is 0 Å². The summed E-state index contributed by atoms with van der Waals surface area (Å²) in [4.78, 5) is 0. The van der Waals surface area contributed by atoms with Crippen molar-refractivity contribution >= 4 is 22.7 Å². The average Bonchev–Trinajstić information content (AvgIpc) is 3.27. The van der Waals surface area contributed by atoms with Crippen LogP contribution < -0.4 is 32.4 Å². The Morgan fingerprint density at radius 3 is 1.16 bits per heavy atom. The van der Waals surface area contributed by atoms with Crippen LogP contribution >= 0.6 is 0 Å². The van der Waals surface area contributed by atoms with Gasteiger partial charge < -0.3 is 32.4 Å². The van der Waals surface area contributed by atoms with E-state index in [1.807, 2.05) is 72.8 Å². The number of fused-ring (bicyclic) bond motifs is 3. The Balaban J connectivity index is 1.47. The molecule has 6 aromatic rings. The zero-order valence-corrected chi connectivity index (χ0v) is 23.3. The molecule has 0 aliphatic heterocycles. The highest BCUT2D eigenvalue weighted by atomic mass is 16.5. The number of benzene rings is 6. The molecule has 1 aliphatic rings. The number of hydrogen-bond acceptors (Lipinski definition) is 6. The molecule has 6 nitrogen and oxygen atoms in total. The second-order valence-corrected chi connectivity index (χ2v) is 10.8. The van der Waals surface area contributed by atoms with E-state index >= 15 is 0 Å². The number of ether oxygens (including phenoxy) is 2. The van der Waals surface area contributed by atoms with Crippen molar-refractivity contribution in [1.82, 2.24) is 0 Å². The van der Waals surface area contributed by atoms with E-state index in [0.717, 1.165) is 33.4 Å². The zero-order valence-electron chi connectivity index (χ0n) is 23.3. The molecule has 1 aliphatic carbocycles. The fraction of sp³-hybridized carbons (Fsp3) is 0.0270. The molecule has 0 radical (unpaired) electrons. The lowest BCUT2D eigenvalue weighted by Crippen LogP contribution is -2.29. The highest BCUT2D eigenvalue weighted by Gasteiger charge is 2.46. The molecular weight excluding hydrogens is 532 g/mol. The van der Waals surface area contributed by atoms with Crippen LogP contribution in [-0.2, 0) is 5.41 Å². The molecule has 6 heteroatoms. The summed E-state index contributed by atoms with van der Waals surface area (Å²) in [6.07, 6.45) is 0. The van der Waals surface area contributed by atoms with Crippen LogP contribution in [0.4, 0.5) is 22.7 Å². The van der Waals surface area contributed by atoms with Crippen molar-refractivity contribution in [1.29, 1.82) is 0 Å². The maximum absolute atomic E-state index is 6.47. The third kappa shape index (κ3) is 4.55. The van der Waals surface area contributed by atoms with E-state index in [1.54, 1.807) is 12.1 Å². The van der Waals surface area contributed by atoms with Crippen molar-refractivity contribution in [2.24, 2.45) is 0 Å². The maximum Gasteiger partial charge on any atom is 0.129 e. The van der Waals surface area contributed by atoms with E-state index in [-0.39, 0.29) is 0 Å². The van der Waals surface area contributed by atoms with Crippen LogP contribution in [0.15, 0.2) is 133 Å². The standard InChI is InChI=1S/C37H30N4O2/c38-25-7-3-11-31(19-25)42-29-9-1-5-23(17-29)37(24-6-2-10-30(18-24)43-32-12-4-8-26(39)20-32)35-21-27(40)13-15-33(35)34-16-14-28(41)22-36(34)37/h1-22H,38-41H2. The Morgan fingerprint density at radius 2 is 0.744 bits per heavy atom. The van der Waals surface area contributed by atoms with Crippen molar-refractivity contribution in [2.45, 2.75) is 5.41 Å². The van der Waals surface area contributed by atoms with Crippen LogP contribution in [0.25, 0.3) is 11.1 Å². The van der Waals surface area contributed by atoms with E-state index in [1.165, 1.54) is 0 Å². The molecule has 0 amide bonds. The third-order valence-electron chi connectivity index (χ3n) is 7.91. The number of rotatable bonds is 6. The average molecular weight is 563 g/mol. The van der Waals surface area contributed by atoms with Gasteiger partial charge in [0.15, 0.2) is 0 Å². The lowest BCUT2D eigenvalue weighted by atomic mass is 9.67. The monoisotopic (exact) mass is 562 g/mol. The summed E-state index contributed by atoms with van der Waals surface area (Å²) in [5.41, 5.74) is 33.1. The molecule has 0 saturated heterocycles. The van der Waals surface area contributed by atoms with Crippen LogP contribution in [0, 0.1) is 0 Å². The number of nitrogens with two attached hydrogens (primary N) is 4. The van der Waals surface area contributed by atoms with Crippen LogP contribution in [0.1, 0.15) is 22.3 Å². The summed E-state index contributed by atoms with van der Waals surface area (Å²) in [6.45, 7) is 0. The first-order valence-electron chi connectivity index (χ1n) is 14.0. The van der Waals surface area contributed by atoms with Gasteiger partial charge in [-0.1, -0.05) is 48.5 Å². The van der Waals surface area contributed by atoms with Gasteiger partial charge in [0.05, 0.1) is 5.41 Å². The van der Waals surface area contributed by atoms with Gasteiger partial charge in [-0.15, -0.1) is 0 Å². The lowest BCUT2D eigenvalue weighted by molar-refractivity contribution is 0.480. The highest BCUT2D eigenvalue weighted by Crippen LogP contribution is 2.57. The smallest absolute Gasteiger partial charge is 0.129 e. The Morgan fingerprint density at radius 1 is 0.372 bits per heavy atom. The van der Waals surface area contributed by atoms with Gasteiger partial charge in [-0.3, -0.25) is 0 Å². The van der Waals surface area contributed by atoms with E-state index < -0.39 is 5.41 Å². The second kappa shape index (κ2) is 10.2. The molecule has 0 heterocycles. The molecule has 0 fully saturated rings. The van der Waals surface area contributed by atoms with E-state index in [0.29, 0.717) is 45.7 Å². The van der Waals surface area contributed by atoms with E-state index in [2.05, 4.69) is 48.5 Å². The van der Waals surface area contributed by atoms with Gasteiger partial charge in [0.2, 0.25) is 0 Å². The molecule has 0 unspecified atom stereocenters. The molecule has 0 bridgehead atoms. The van der Waals surface area contributed by atoms with Crippen molar-refractivity contribution < 1.29 is 9.47 Å². The van der Waals surface area contributed by atoms with Crippen molar-refractivity contribution in [3.05, 3.63) is 156 Å². The fourth-order valence-corrected chi connectivity index (χ4v) is 6.16. The highest BCUT2D eigenvalue weighted by molar-refractivity contribution is 5.88. The molecule has 0 aromatic heterocycles. The SMILES string of the molecule is Nc1cccc(Oc2cccc(C3(c4cccc(Oc5cccc(N)c5)c4)c4cc(N)ccc4-c4ccc(N)cc43)c2)c1. The van der Waals surface area contributed by atoms with Crippen LogP contribution in [0.2, 0.25) is 0 Å². The first-order valence-corrected chi connectivity index (χ1v) is 14.0. The van der Waals surface area contributed by atoms with Crippen molar-refractivity contribution in [3.63, 3.8) is 0 Å². The molecule has 7 rings (SSSR count). The predicted octanol–water partition coefficient (Wildman–Crippen LogP) is 7.96. The fourth-order valence-electron chi connectivity index (χ4n) is 6.16. The third-order valence-corrected chi connectivity index (χ3v) is 7.91. The summed E-state index contributed by atoms with van der Waals surface area (Å²) >= 11 is 0. The first-order chi connectivity index (χ1) is 20.9. The molecule has 0 spiro atoms. The van der Waals surface area contributed by atoms with Gasteiger partial charge in [-0.25, -0.2) is 0 Å². The second-order valence-electron chi connectivity index (χ2n) is 10.8. The summed E-state index contributed by atoms with van der Waals surface area (Å²) < 4.78 is 12.6. The van der Waals surface area contributed by atoms with Crippen molar-refractivity contribution in [2.75, 3.05) is 22.9 Å². The Labute approximate surface area is 250 Å². The minimum Gasteiger partial charge on any atom is -0.457 e. The van der Waals surface area contributed by atoms with Crippen molar-refractivity contribution in [3.8, 4) is 34.1 Å². The van der Waals surface area contributed by atoms with Crippen LogP contribution in [0.5, 0.6) is 23.0 Å². The lowest BCUT2D eigenvalue weighted by Gasteiger charge is -2.34. The Bertz CT molecular complexity index is 1860. The largest absolute Gasteiger partial charge is 0.457 e. The normalized spacial score (nSPS) is 12.7. The minimum atomic E-state index is -0.778. The van der Waals surface area contributed by atoms with Gasteiger partial charge in [0, 0.05) is 34.9 Å². The maximum atomic E-state index is 6.47. The summed E-state index contributed by atoms with van der Waals surface area (Å²) in [6, 6.07) is 43.2. The molecule has 8 N–H and O–H groups in total. The summed E-state index contributed by atoms with van der Waals surface area (Å²) in [5.74, 6) is 2.67. The Hall–Kier alpha value is -5.88. The summed E-state index contributed by atoms with van der Waals surface area (Å²) in [5, 5.41) is 0. The number of anilines is 4. The van der Waals surface area contributed by atoms with Crippen LogP contribution in [-0.4, -0.2) is 0 Å². The minimum absolute atomic E-state index is 0.631. The molecule has 210 valence electrons. The molecule has 6 aromatic carbocycles. The Kier molecular flexibility index (Phi) is 6.17. The van der Waals surface area contributed by atoms with E-state index in [4.69, 9.17) is 32.4 Å². The van der Waals surface area contributed by atoms with Gasteiger partial charge in [0.25, 0.3) is 0 Å². The van der Waals surface area contributed by atoms with Gasteiger partial charge in [-0.05, 0) is 106 Å². The quantitative estimate of drug-likeness (QED) is 0.153. The zero-order chi connectivity index (χ0) is 29.6. The van der Waals surface area contributed by atoms with Gasteiger partial charge in [-0.2, -0.15) is 0 Å². The number of nitrogen functional groups attached to an aromatic ring is 4. The topological polar surface area (TPSA) is 123 Å². The van der Waals surface area contributed by atoms with Gasteiger partial charge in [0.1, 0.15) is 23.0 Å².